The molecule has 0 aliphatic carbocycles. The van der Waals surface area contributed by atoms with Crippen LogP contribution < -0.4 is 4.90 Å². The zero-order chi connectivity index (χ0) is 10.3. The van der Waals surface area contributed by atoms with Gasteiger partial charge in [0.1, 0.15) is 5.82 Å². The number of β-lactam (4-membered cyclic amide) rings is 1. The molecule has 0 radical (unpaired) electrons. The summed E-state index contributed by atoms with van der Waals surface area (Å²) in [5, 5.41) is 1.11. The smallest absolute Gasteiger partial charge is 0.229 e. The summed E-state index contributed by atoms with van der Waals surface area (Å²) >= 11 is 0. The minimum absolute atomic E-state index is 0.165. The van der Waals surface area contributed by atoms with Crippen molar-refractivity contribution in [2.24, 2.45) is 0 Å². The number of amides is 1. The second-order valence-electron chi connectivity index (χ2n) is 3.66. The van der Waals surface area contributed by atoms with E-state index in [1.807, 2.05) is 36.4 Å². The topological polar surface area (TPSA) is 33.2 Å². The molecule has 0 unspecified atom stereocenters. The fraction of sp³-hybridized carbons (Fsp3) is 0.167. The Morgan fingerprint density at radius 1 is 1.13 bits per heavy atom. The Morgan fingerprint density at radius 3 is 2.73 bits per heavy atom. The van der Waals surface area contributed by atoms with Gasteiger partial charge in [-0.2, -0.15) is 0 Å². The average molecular weight is 198 g/mol. The average Bonchev–Trinajstić information content (AvgIpc) is 2.27. The molecule has 2 aromatic rings. The fourth-order valence-corrected chi connectivity index (χ4v) is 1.76. The van der Waals surface area contributed by atoms with Crippen LogP contribution in [0.2, 0.25) is 0 Å². The van der Waals surface area contributed by atoms with Crippen LogP contribution in [0.1, 0.15) is 6.42 Å². The molecule has 74 valence electrons. The van der Waals surface area contributed by atoms with E-state index in [0.29, 0.717) is 6.42 Å². The lowest BCUT2D eigenvalue weighted by Gasteiger charge is -2.29. The van der Waals surface area contributed by atoms with Crippen LogP contribution in [0.25, 0.3) is 10.9 Å². The summed E-state index contributed by atoms with van der Waals surface area (Å²) < 4.78 is 0. The summed E-state index contributed by atoms with van der Waals surface area (Å²) in [7, 11) is 0. The quantitative estimate of drug-likeness (QED) is 0.656. The third kappa shape index (κ3) is 1.28. The van der Waals surface area contributed by atoms with Crippen molar-refractivity contribution in [3.63, 3.8) is 0 Å². The highest BCUT2D eigenvalue weighted by Crippen LogP contribution is 2.22. The van der Waals surface area contributed by atoms with Crippen molar-refractivity contribution in [1.82, 2.24) is 4.98 Å². The lowest BCUT2D eigenvalue weighted by atomic mass is 10.2. The van der Waals surface area contributed by atoms with Gasteiger partial charge in [0.25, 0.3) is 0 Å². The summed E-state index contributed by atoms with van der Waals surface area (Å²) in [6, 6.07) is 11.8. The second kappa shape index (κ2) is 3.05. The van der Waals surface area contributed by atoms with Crippen LogP contribution in [0.5, 0.6) is 0 Å². The Hall–Kier alpha value is -1.90. The lowest BCUT2D eigenvalue weighted by molar-refractivity contribution is -0.122. The van der Waals surface area contributed by atoms with Crippen LogP contribution in [-0.2, 0) is 4.79 Å². The van der Waals surface area contributed by atoms with E-state index >= 15 is 0 Å². The van der Waals surface area contributed by atoms with Gasteiger partial charge in [-0.05, 0) is 18.2 Å². The number of benzene rings is 1. The Kier molecular flexibility index (Phi) is 1.71. The van der Waals surface area contributed by atoms with Crippen LogP contribution in [0, 0.1) is 0 Å². The molecule has 0 spiro atoms. The Morgan fingerprint density at radius 2 is 2.00 bits per heavy atom. The molecule has 1 aliphatic heterocycles. The van der Waals surface area contributed by atoms with Crippen molar-refractivity contribution in [1.29, 1.82) is 0 Å². The Balaban J connectivity index is 2.10. The summed E-state index contributed by atoms with van der Waals surface area (Å²) in [5.74, 6) is 0.933. The van der Waals surface area contributed by atoms with Gasteiger partial charge in [-0.3, -0.25) is 9.69 Å². The van der Waals surface area contributed by atoms with E-state index in [9.17, 15) is 4.79 Å². The first-order chi connectivity index (χ1) is 7.34. The number of carbonyl (C=O) groups excluding carboxylic acids is 1. The minimum atomic E-state index is 0.165. The number of carbonyl (C=O) groups is 1. The molecular weight excluding hydrogens is 188 g/mol. The predicted octanol–water partition coefficient (Wildman–Crippen LogP) is 1.97. The molecule has 1 aromatic heterocycles. The van der Waals surface area contributed by atoms with Crippen LogP contribution in [0.4, 0.5) is 5.82 Å². The predicted molar refractivity (Wildman–Crippen MR) is 58.7 cm³/mol. The molecule has 0 saturated carbocycles. The molecule has 1 amide bonds. The third-order valence-electron chi connectivity index (χ3n) is 2.71. The number of nitrogens with zero attached hydrogens (tertiary/aromatic N) is 2. The fourth-order valence-electron chi connectivity index (χ4n) is 1.76. The van der Waals surface area contributed by atoms with Gasteiger partial charge < -0.3 is 0 Å². The number of aromatic nitrogens is 1. The van der Waals surface area contributed by atoms with Crippen LogP contribution in [-0.4, -0.2) is 17.4 Å². The van der Waals surface area contributed by atoms with Crippen molar-refractivity contribution < 1.29 is 4.79 Å². The number of anilines is 1. The third-order valence-corrected chi connectivity index (χ3v) is 2.71. The summed E-state index contributed by atoms with van der Waals surface area (Å²) in [6.45, 7) is 0.796. The number of para-hydroxylation sites is 1. The minimum Gasteiger partial charge on any atom is -0.296 e. The molecule has 0 N–H and O–H groups in total. The summed E-state index contributed by atoms with van der Waals surface area (Å²) in [6.07, 6.45) is 0.647. The van der Waals surface area contributed by atoms with Crippen molar-refractivity contribution >= 4 is 22.6 Å². The first-order valence-electron chi connectivity index (χ1n) is 5.01. The number of rotatable bonds is 1. The standard InChI is InChI=1S/C12H10N2O/c15-12-7-8-14(12)11-6-5-9-3-1-2-4-10(9)13-11/h1-6H,7-8H2. The zero-order valence-corrected chi connectivity index (χ0v) is 8.18. The van der Waals surface area contributed by atoms with Crippen molar-refractivity contribution in [2.75, 3.05) is 11.4 Å². The van der Waals surface area contributed by atoms with E-state index in [1.54, 1.807) is 4.90 Å². The molecule has 1 saturated heterocycles. The molecule has 3 nitrogen and oxygen atoms in total. The van der Waals surface area contributed by atoms with Crippen molar-refractivity contribution in [3.05, 3.63) is 36.4 Å². The van der Waals surface area contributed by atoms with Crippen LogP contribution >= 0.6 is 0 Å². The van der Waals surface area contributed by atoms with Gasteiger partial charge in [-0.25, -0.2) is 4.98 Å². The van der Waals surface area contributed by atoms with E-state index in [1.165, 1.54) is 0 Å². The highest BCUT2D eigenvalue weighted by molar-refractivity contribution is 5.99. The largest absolute Gasteiger partial charge is 0.296 e. The number of pyridine rings is 1. The molecule has 0 bridgehead atoms. The van der Waals surface area contributed by atoms with Gasteiger partial charge in [0.05, 0.1) is 5.52 Å². The number of fused-ring (bicyclic) bond motifs is 1. The number of hydrogen-bond donors (Lipinski definition) is 0. The summed E-state index contributed by atoms with van der Waals surface area (Å²) in [4.78, 5) is 17.4. The van der Waals surface area contributed by atoms with Gasteiger partial charge in [-0.15, -0.1) is 0 Å². The molecule has 1 aromatic carbocycles. The Labute approximate surface area is 87.3 Å². The van der Waals surface area contributed by atoms with Gasteiger partial charge in [0.15, 0.2) is 0 Å². The molecule has 0 atom stereocenters. The second-order valence-corrected chi connectivity index (χ2v) is 3.66. The van der Waals surface area contributed by atoms with Gasteiger partial charge in [-0.1, -0.05) is 18.2 Å². The van der Waals surface area contributed by atoms with Gasteiger partial charge in [0, 0.05) is 18.4 Å². The highest BCUT2D eigenvalue weighted by atomic mass is 16.2. The molecule has 3 heteroatoms. The SMILES string of the molecule is O=C1CCN1c1ccc2ccccc2n1. The molecule has 3 rings (SSSR count). The maximum absolute atomic E-state index is 11.3. The summed E-state index contributed by atoms with van der Waals surface area (Å²) in [5.41, 5.74) is 0.940. The first-order valence-corrected chi connectivity index (χ1v) is 5.01. The van der Waals surface area contributed by atoms with Crippen molar-refractivity contribution in [2.45, 2.75) is 6.42 Å². The molecular formula is C12H10N2O. The first kappa shape index (κ1) is 8.41. The number of hydrogen-bond acceptors (Lipinski definition) is 2. The molecule has 15 heavy (non-hydrogen) atoms. The van der Waals surface area contributed by atoms with Crippen LogP contribution in [0.3, 0.4) is 0 Å². The van der Waals surface area contributed by atoms with E-state index in [4.69, 9.17) is 0 Å². The monoisotopic (exact) mass is 198 g/mol. The van der Waals surface area contributed by atoms with Gasteiger partial charge in [0.2, 0.25) is 5.91 Å². The van der Waals surface area contributed by atoms with Gasteiger partial charge >= 0.3 is 0 Å². The lowest BCUT2D eigenvalue weighted by Crippen LogP contribution is -2.43. The molecule has 1 fully saturated rings. The molecule has 2 heterocycles. The normalized spacial score (nSPS) is 15.5. The zero-order valence-electron chi connectivity index (χ0n) is 8.18. The maximum atomic E-state index is 11.3. The van der Waals surface area contributed by atoms with E-state index in [2.05, 4.69) is 4.98 Å². The van der Waals surface area contributed by atoms with Crippen molar-refractivity contribution in [3.8, 4) is 0 Å². The van der Waals surface area contributed by atoms with Crippen LogP contribution in [0.15, 0.2) is 36.4 Å². The van der Waals surface area contributed by atoms with E-state index in [0.717, 1.165) is 23.3 Å². The Bertz CT molecular complexity index is 536. The molecule has 1 aliphatic rings. The van der Waals surface area contributed by atoms with E-state index < -0.39 is 0 Å². The maximum Gasteiger partial charge on any atom is 0.229 e. The highest BCUT2D eigenvalue weighted by Gasteiger charge is 2.26. The van der Waals surface area contributed by atoms with E-state index in [-0.39, 0.29) is 5.91 Å².